The third kappa shape index (κ3) is 5.24. The van der Waals surface area contributed by atoms with Crippen LogP contribution in [-0.4, -0.2) is 34.5 Å². The van der Waals surface area contributed by atoms with E-state index in [4.69, 9.17) is 16.7 Å². The zero-order chi connectivity index (χ0) is 16.8. The largest absolute Gasteiger partial charge is 0.481 e. The van der Waals surface area contributed by atoms with Crippen molar-refractivity contribution in [2.24, 2.45) is 5.92 Å². The Morgan fingerprint density at radius 3 is 2.87 bits per heavy atom. The molecule has 0 bridgehead atoms. The Bertz CT molecular complexity index is 561. The lowest BCUT2D eigenvalue weighted by molar-refractivity contribution is -0.142. The molecule has 2 rings (SSSR count). The molecule has 0 radical (unpaired) electrons. The Labute approximate surface area is 142 Å². The summed E-state index contributed by atoms with van der Waals surface area (Å²) in [5.41, 5.74) is 1.05. The third-order valence-electron chi connectivity index (χ3n) is 4.45. The lowest BCUT2D eigenvalue weighted by Crippen LogP contribution is -2.46. The number of nitrogens with zero attached hydrogens (tertiary/aromatic N) is 1. The van der Waals surface area contributed by atoms with Gasteiger partial charge in [0.25, 0.3) is 0 Å². The number of piperidine rings is 1. The first-order valence-corrected chi connectivity index (χ1v) is 8.62. The van der Waals surface area contributed by atoms with Gasteiger partial charge in [0, 0.05) is 29.9 Å². The van der Waals surface area contributed by atoms with E-state index >= 15 is 0 Å². The van der Waals surface area contributed by atoms with E-state index in [2.05, 4.69) is 0 Å². The van der Waals surface area contributed by atoms with E-state index in [0.29, 0.717) is 17.9 Å². The molecule has 1 N–H and O–H groups in total. The van der Waals surface area contributed by atoms with Crippen LogP contribution in [0.15, 0.2) is 24.3 Å². The quantitative estimate of drug-likeness (QED) is 0.859. The standard InChI is InChI=1S/C18H24ClNO3/c1-13(11-14-5-4-6-15(19)12-14)18(23)20-10-3-2-7-16(20)8-9-17(21)22/h4-6,12-13,16H,2-3,7-11H2,1H3,(H,21,22). The summed E-state index contributed by atoms with van der Waals surface area (Å²) >= 11 is 6.00. The van der Waals surface area contributed by atoms with Gasteiger partial charge in [-0.2, -0.15) is 0 Å². The maximum Gasteiger partial charge on any atom is 0.303 e. The van der Waals surface area contributed by atoms with Crippen molar-refractivity contribution in [1.29, 1.82) is 0 Å². The van der Waals surface area contributed by atoms with E-state index in [9.17, 15) is 9.59 Å². The highest BCUT2D eigenvalue weighted by Crippen LogP contribution is 2.24. The van der Waals surface area contributed by atoms with E-state index in [1.807, 2.05) is 36.1 Å². The molecule has 0 aromatic heterocycles. The molecule has 2 atom stereocenters. The number of carboxylic acid groups (broad SMARTS) is 1. The maximum atomic E-state index is 12.8. The van der Waals surface area contributed by atoms with Crippen LogP contribution in [0.3, 0.4) is 0 Å². The maximum absolute atomic E-state index is 12.8. The van der Waals surface area contributed by atoms with Gasteiger partial charge in [0.15, 0.2) is 0 Å². The molecule has 1 saturated heterocycles. The molecule has 1 heterocycles. The van der Waals surface area contributed by atoms with Crippen molar-refractivity contribution in [1.82, 2.24) is 4.90 Å². The zero-order valence-corrected chi connectivity index (χ0v) is 14.3. The van der Waals surface area contributed by atoms with E-state index < -0.39 is 5.97 Å². The Kier molecular flexibility index (Phi) is 6.46. The minimum Gasteiger partial charge on any atom is -0.481 e. The predicted octanol–water partition coefficient (Wildman–Crippen LogP) is 3.76. The highest BCUT2D eigenvalue weighted by Gasteiger charge is 2.29. The minimum absolute atomic E-state index is 0.0640. The molecule has 1 amide bonds. The second-order valence-electron chi connectivity index (χ2n) is 6.35. The molecule has 1 aromatic rings. The molecular formula is C18H24ClNO3. The summed E-state index contributed by atoms with van der Waals surface area (Å²) in [6.45, 7) is 2.68. The summed E-state index contributed by atoms with van der Waals surface area (Å²) in [7, 11) is 0. The van der Waals surface area contributed by atoms with Crippen molar-refractivity contribution < 1.29 is 14.7 Å². The second kappa shape index (κ2) is 8.34. The molecular weight excluding hydrogens is 314 g/mol. The van der Waals surface area contributed by atoms with Crippen LogP contribution < -0.4 is 0 Å². The average molecular weight is 338 g/mol. The van der Waals surface area contributed by atoms with Gasteiger partial charge < -0.3 is 10.0 Å². The van der Waals surface area contributed by atoms with Crippen molar-refractivity contribution in [3.63, 3.8) is 0 Å². The van der Waals surface area contributed by atoms with Crippen LogP contribution in [0, 0.1) is 5.92 Å². The van der Waals surface area contributed by atoms with Gasteiger partial charge in [-0.1, -0.05) is 30.7 Å². The molecule has 23 heavy (non-hydrogen) atoms. The summed E-state index contributed by atoms with van der Waals surface area (Å²) in [5.74, 6) is -0.797. The SMILES string of the molecule is CC(Cc1cccc(Cl)c1)C(=O)N1CCCCC1CCC(=O)O. The molecule has 0 spiro atoms. The molecule has 1 aliphatic heterocycles. The van der Waals surface area contributed by atoms with Gasteiger partial charge in [-0.3, -0.25) is 9.59 Å². The molecule has 126 valence electrons. The summed E-state index contributed by atoms with van der Waals surface area (Å²) in [6, 6.07) is 7.65. The lowest BCUT2D eigenvalue weighted by atomic mass is 9.94. The number of likely N-dealkylation sites (tertiary alicyclic amines) is 1. The number of benzene rings is 1. The molecule has 0 aliphatic carbocycles. The Hall–Kier alpha value is -1.55. The summed E-state index contributed by atoms with van der Waals surface area (Å²) in [6.07, 6.45) is 4.29. The molecule has 1 fully saturated rings. The second-order valence-corrected chi connectivity index (χ2v) is 6.79. The number of aliphatic carboxylic acids is 1. The molecule has 0 saturated carbocycles. The summed E-state index contributed by atoms with van der Waals surface area (Å²) in [5, 5.41) is 9.56. The monoisotopic (exact) mass is 337 g/mol. The molecule has 1 aromatic carbocycles. The van der Waals surface area contributed by atoms with Crippen LogP contribution >= 0.6 is 11.6 Å². The third-order valence-corrected chi connectivity index (χ3v) is 4.69. The van der Waals surface area contributed by atoms with E-state index in [1.54, 1.807) is 0 Å². The predicted molar refractivity (Wildman–Crippen MR) is 90.5 cm³/mol. The van der Waals surface area contributed by atoms with E-state index in [0.717, 1.165) is 31.4 Å². The fraction of sp³-hybridized carbons (Fsp3) is 0.556. The summed E-state index contributed by atoms with van der Waals surface area (Å²) in [4.78, 5) is 25.5. The average Bonchev–Trinajstić information content (AvgIpc) is 2.52. The van der Waals surface area contributed by atoms with Crippen LogP contribution in [0.2, 0.25) is 5.02 Å². The number of carboxylic acids is 1. The van der Waals surface area contributed by atoms with Gasteiger partial charge in [-0.25, -0.2) is 0 Å². The van der Waals surface area contributed by atoms with Gasteiger partial charge in [-0.05, 0) is 49.8 Å². The van der Waals surface area contributed by atoms with E-state index in [1.165, 1.54) is 0 Å². The minimum atomic E-state index is -0.796. The number of amides is 1. The Balaban J connectivity index is 1.99. The highest BCUT2D eigenvalue weighted by molar-refractivity contribution is 6.30. The van der Waals surface area contributed by atoms with E-state index in [-0.39, 0.29) is 24.3 Å². The zero-order valence-electron chi connectivity index (χ0n) is 13.5. The normalized spacial score (nSPS) is 19.4. The smallest absolute Gasteiger partial charge is 0.303 e. The van der Waals surface area contributed by atoms with Crippen LogP contribution in [0.5, 0.6) is 0 Å². The first-order valence-electron chi connectivity index (χ1n) is 8.24. The lowest BCUT2D eigenvalue weighted by Gasteiger charge is -2.37. The van der Waals surface area contributed by atoms with Crippen molar-refractivity contribution in [3.8, 4) is 0 Å². The highest BCUT2D eigenvalue weighted by atomic mass is 35.5. The molecule has 5 heteroatoms. The van der Waals surface area contributed by atoms with Gasteiger partial charge in [0.05, 0.1) is 0 Å². The first-order chi connectivity index (χ1) is 11.0. The molecule has 2 unspecified atom stereocenters. The van der Waals surface area contributed by atoms with Gasteiger partial charge in [0.2, 0.25) is 5.91 Å². The van der Waals surface area contributed by atoms with Crippen LogP contribution in [0.4, 0.5) is 0 Å². The Morgan fingerprint density at radius 2 is 2.17 bits per heavy atom. The molecule has 1 aliphatic rings. The van der Waals surface area contributed by atoms with Crippen molar-refractivity contribution in [3.05, 3.63) is 34.9 Å². The fourth-order valence-electron chi connectivity index (χ4n) is 3.27. The van der Waals surface area contributed by atoms with Gasteiger partial charge in [0.1, 0.15) is 0 Å². The number of hydrogen-bond acceptors (Lipinski definition) is 2. The van der Waals surface area contributed by atoms with Crippen molar-refractivity contribution in [2.75, 3.05) is 6.54 Å². The number of halogens is 1. The first kappa shape index (κ1) is 17.8. The van der Waals surface area contributed by atoms with Crippen LogP contribution in [0.25, 0.3) is 0 Å². The van der Waals surface area contributed by atoms with Gasteiger partial charge >= 0.3 is 5.97 Å². The number of carbonyl (C=O) groups excluding carboxylic acids is 1. The summed E-state index contributed by atoms with van der Waals surface area (Å²) < 4.78 is 0. The van der Waals surface area contributed by atoms with Crippen molar-refractivity contribution in [2.45, 2.75) is 51.5 Å². The van der Waals surface area contributed by atoms with Crippen molar-refractivity contribution >= 4 is 23.5 Å². The van der Waals surface area contributed by atoms with Crippen LogP contribution in [0.1, 0.15) is 44.6 Å². The topological polar surface area (TPSA) is 57.6 Å². The molecule has 4 nitrogen and oxygen atoms in total. The number of rotatable bonds is 6. The van der Waals surface area contributed by atoms with Gasteiger partial charge in [-0.15, -0.1) is 0 Å². The number of carbonyl (C=O) groups is 2. The fourth-order valence-corrected chi connectivity index (χ4v) is 3.48. The number of hydrogen-bond donors (Lipinski definition) is 1. The Morgan fingerprint density at radius 1 is 1.39 bits per heavy atom. The van der Waals surface area contributed by atoms with Crippen LogP contribution in [-0.2, 0) is 16.0 Å².